The molecule has 4 rings (SSSR count). The molecule has 198 valence electrons. The van der Waals surface area contributed by atoms with E-state index < -0.39 is 21.9 Å². The van der Waals surface area contributed by atoms with Gasteiger partial charge in [-0.2, -0.15) is 9.30 Å². The molecule has 1 fully saturated rings. The van der Waals surface area contributed by atoms with Crippen molar-refractivity contribution < 1.29 is 27.5 Å². The van der Waals surface area contributed by atoms with Crippen LogP contribution in [0.25, 0.3) is 10.2 Å². The number of thiazole rings is 1. The fraction of sp³-hybridized carbons (Fsp3) is 0.423. The van der Waals surface area contributed by atoms with Crippen molar-refractivity contribution in [2.24, 2.45) is 4.99 Å². The molecule has 37 heavy (non-hydrogen) atoms. The van der Waals surface area contributed by atoms with E-state index in [0.29, 0.717) is 4.80 Å². The lowest BCUT2D eigenvalue weighted by molar-refractivity contribution is -0.143. The number of hydrogen-bond donors (Lipinski definition) is 0. The standard InChI is InChI=1S/C26H31N3O6S2/c1-6-34-24(30)15-29-22-11-16(2)17(3)12-23(22)36-26(29)27-25(31)20-7-9-21(10-8-20)37(32,33)28-13-18(4)35-19(5)14-28/h7-12,18-19H,6,13-15H2,1-5H3. The molecule has 2 heterocycles. The number of esters is 1. The smallest absolute Gasteiger partial charge is 0.326 e. The number of sulfonamides is 1. The van der Waals surface area contributed by atoms with Crippen LogP contribution in [0.4, 0.5) is 0 Å². The normalized spacial score (nSPS) is 19.3. The van der Waals surface area contributed by atoms with Crippen molar-refractivity contribution in [1.29, 1.82) is 0 Å². The summed E-state index contributed by atoms with van der Waals surface area (Å²) in [5.74, 6) is -0.953. The maximum absolute atomic E-state index is 13.1. The maximum Gasteiger partial charge on any atom is 0.326 e. The molecule has 0 bridgehead atoms. The summed E-state index contributed by atoms with van der Waals surface area (Å²) < 4.78 is 41.0. The van der Waals surface area contributed by atoms with Gasteiger partial charge >= 0.3 is 5.97 Å². The molecule has 2 aromatic carbocycles. The molecule has 0 spiro atoms. The number of rotatable bonds is 6. The molecule has 1 amide bonds. The lowest BCUT2D eigenvalue weighted by atomic mass is 10.1. The van der Waals surface area contributed by atoms with E-state index in [1.54, 1.807) is 11.5 Å². The van der Waals surface area contributed by atoms with E-state index >= 15 is 0 Å². The van der Waals surface area contributed by atoms with Crippen LogP contribution in [0, 0.1) is 13.8 Å². The Morgan fingerprint density at radius 2 is 1.70 bits per heavy atom. The third-order valence-corrected chi connectivity index (χ3v) is 9.10. The van der Waals surface area contributed by atoms with Gasteiger partial charge in [0.05, 0.1) is 33.9 Å². The van der Waals surface area contributed by atoms with Crippen LogP contribution in [0.2, 0.25) is 0 Å². The lowest BCUT2D eigenvalue weighted by Crippen LogP contribution is -2.48. The molecular weight excluding hydrogens is 514 g/mol. The van der Waals surface area contributed by atoms with Crippen molar-refractivity contribution in [3.63, 3.8) is 0 Å². The van der Waals surface area contributed by atoms with Gasteiger partial charge < -0.3 is 14.0 Å². The number of amides is 1. The number of benzene rings is 2. The van der Waals surface area contributed by atoms with E-state index in [2.05, 4.69) is 4.99 Å². The van der Waals surface area contributed by atoms with Crippen LogP contribution >= 0.6 is 11.3 Å². The predicted octanol–water partition coefficient (Wildman–Crippen LogP) is 3.42. The zero-order valence-electron chi connectivity index (χ0n) is 21.6. The SMILES string of the molecule is CCOC(=O)Cn1c(=NC(=O)c2ccc(S(=O)(=O)N3CC(C)OC(C)C3)cc2)sc2cc(C)c(C)cc21. The molecule has 2 unspecified atom stereocenters. The fourth-order valence-electron chi connectivity index (χ4n) is 4.29. The number of carbonyl (C=O) groups is 2. The van der Waals surface area contributed by atoms with Gasteiger partial charge in [0.1, 0.15) is 6.54 Å². The van der Waals surface area contributed by atoms with Gasteiger partial charge in [-0.3, -0.25) is 9.59 Å². The van der Waals surface area contributed by atoms with Gasteiger partial charge in [0.25, 0.3) is 5.91 Å². The highest BCUT2D eigenvalue weighted by atomic mass is 32.2. The molecule has 9 nitrogen and oxygen atoms in total. The Morgan fingerprint density at radius 1 is 1.08 bits per heavy atom. The summed E-state index contributed by atoms with van der Waals surface area (Å²) in [5, 5.41) is 0. The van der Waals surface area contributed by atoms with Gasteiger partial charge in [-0.15, -0.1) is 0 Å². The van der Waals surface area contributed by atoms with Crippen LogP contribution in [0.5, 0.6) is 0 Å². The Morgan fingerprint density at radius 3 is 2.32 bits per heavy atom. The van der Waals surface area contributed by atoms with Crippen LogP contribution in [0.3, 0.4) is 0 Å². The Balaban J connectivity index is 1.67. The first-order valence-electron chi connectivity index (χ1n) is 12.1. The van der Waals surface area contributed by atoms with Gasteiger partial charge in [0.15, 0.2) is 4.80 Å². The van der Waals surface area contributed by atoms with Crippen molar-refractivity contribution in [2.75, 3.05) is 19.7 Å². The summed E-state index contributed by atoms with van der Waals surface area (Å²) in [4.78, 5) is 30.1. The first-order valence-corrected chi connectivity index (χ1v) is 14.4. The highest BCUT2D eigenvalue weighted by molar-refractivity contribution is 7.89. The number of fused-ring (bicyclic) bond motifs is 1. The second-order valence-corrected chi connectivity index (χ2v) is 12.1. The number of carbonyl (C=O) groups excluding carboxylic acids is 2. The average molecular weight is 546 g/mol. The van der Waals surface area contributed by atoms with E-state index in [1.165, 1.54) is 39.9 Å². The van der Waals surface area contributed by atoms with Crippen LogP contribution in [-0.2, 0) is 30.8 Å². The van der Waals surface area contributed by atoms with Crippen LogP contribution < -0.4 is 4.80 Å². The third kappa shape index (κ3) is 5.85. The molecule has 1 aliphatic heterocycles. The predicted molar refractivity (Wildman–Crippen MR) is 141 cm³/mol. The summed E-state index contributed by atoms with van der Waals surface area (Å²) in [6.07, 6.45) is -0.401. The minimum absolute atomic E-state index is 0.0734. The second kappa shape index (κ2) is 10.9. The van der Waals surface area contributed by atoms with Gasteiger partial charge in [-0.1, -0.05) is 11.3 Å². The first kappa shape index (κ1) is 27.2. The second-order valence-electron chi connectivity index (χ2n) is 9.20. The molecule has 0 saturated carbocycles. The minimum atomic E-state index is -3.72. The molecule has 2 atom stereocenters. The number of aromatic nitrogens is 1. The van der Waals surface area contributed by atoms with Crippen molar-refractivity contribution in [3.8, 4) is 0 Å². The molecule has 1 aliphatic rings. The zero-order valence-corrected chi connectivity index (χ0v) is 23.2. The monoisotopic (exact) mass is 545 g/mol. The summed E-state index contributed by atoms with van der Waals surface area (Å²) in [6, 6.07) is 9.75. The summed E-state index contributed by atoms with van der Waals surface area (Å²) >= 11 is 1.31. The molecule has 1 aromatic heterocycles. The molecule has 0 radical (unpaired) electrons. The number of morpholine rings is 1. The third-order valence-electron chi connectivity index (χ3n) is 6.21. The zero-order chi connectivity index (χ0) is 26.9. The van der Waals surface area contributed by atoms with E-state index in [0.717, 1.165) is 21.3 Å². The Labute approximate surface area is 220 Å². The van der Waals surface area contributed by atoms with Crippen LogP contribution in [-0.4, -0.2) is 61.1 Å². The number of ether oxygens (including phenoxy) is 2. The number of aryl methyl sites for hydroxylation is 2. The summed E-state index contributed by atoms with van der Waals surface area (Å²) in [7, 11) is -3.72. The first-order chi connectivity index (χ1) is 17.5. The highest BCUT2D eigenvalue weighted by Gasteiger charge is 2.32. The van der Waals surface area contributed by atoms with Crippen molar-refractivity contribution in [2.45, 2.75) is 58.3 Å². The van der Waals surface area contributed by atoms with Gasteiger partial charge in [0, 0.05) is 18.7 Å². The average Bonchev–Trinajstić information content (AvgIpc) is 3.14. The van der Waals surface area contributed by atoms with Crippen molar-refractivity contribution in [1.82, 2.24) is 8.87 Å². The van der Waals surface area contributed by atoms with Crippen molar-refractivity contribution >= 4 is 43.5 Å². The van der Waals surface area contributed by atoms with E-state index in [-0.39, 0.29) is 48.9 Å². The van der Waals surface area contributed by atoms with Gasteiger partial charge in [-0.25, -0.2) is 8.42 Å². The number of nitrogens with zero attached hydrogens (tertiary/aromatic N) is 3. The Bertz CT molecular complexity index is 1500. The summed E-state index contributed by atoms with van der Waals surface area (Å²) in [6.45, 7) is 10.1. The van der Waals surface area contributed by atoms with Gasteiger partial charge in [0.2, 0.25) is 10.0 Å². The van der Waals surface area contributed by atoms with E-state index in [4.69, 9.17) is 9.47 Å². The van der Waals surface area contributed by atoms with E-state index in [9.17, 15) is 18.0 Å². The quantitative estimate of drug-likeness (QED) is 0.440. The number of hydrogen-bond acceptors (Lipinski definition) is 7. The van der Waals surface area contributed by atoms with Crippen LogP contribution in [0.15, 0.2) is 46.3 Å². The summed E-state index contributed by atoms with van der Waals surface area (Å²) in [5.41, 5.74) is 3.19. The Kier molecular flexibility index (Phi) is 7.98. The molecular formula is C26H31N3O6S2. The van der Waals surface area contributed by atoms with Crippen LogP contribution in [0.1, 0.15) is 42.3 Å². The molecule has 0 aliphatic carbocycles. The molecule has 11 heteroatoms. The molecule has 1 saturated heterocycles. The highest BCUT2D eigenvalue weighted by Crippen LogP contribution is 2.23. The molecule has 3 aromatic rings. The lowest BCUT2D eigenvalue weighted by Gasteiger charge is -2.34. The Hall–Kier alpha value is -2.86. The van der Waals surface area contributed by atoms with E-state index in [1.807, 2.05) is 39.8 Å². The molecule has 0 N–H and O–H groups in total. The van der Waals surface area contributed by atoms with Gasteiger partial charge in [-0.05, 0) is 82.1 Å². The fourth-order valence-corrected chi connectivity index (χ4v) is 6.99. The van der Waals surface area contributed by atoms with Crippen molar-refractivity contribution in [3.05, 3.63) is 57.9 Å². The minimum Gasteiger partial charge on any atom is -0.465 e. The largest absolute Gasteiger partial charge is 0.465 e. The topological polar surface area (TPSA) is 107 Å². The maximum atomic E-state index is 13.1.